The van der Waals surface area contributed by atoms with Crippen molar-refractivity contribution in [2.75, 3.05) is 11.9 Å². The summed E-state index contributed by atoms with van der Waals surface area (Å²) in [5.74, 6) is 1.38. The number of anilines is 1. The largest absolute Gasteiger partial charge is 0.324 e. The molecule has 3 rings (SSSR count). The van der Waals surface area contributed by atoms with E-state index in [2.05, 4.69) is 36.6 Å². The molecule has 0 aromatic heterocycles. The van der Waals surface area contributed by atoms with E-state index in [1.807, 2.05) is 42.5 Å². The summed E-state index contributed by atoms with van der Waals surface area (Å²) in [6.45, 7) is 4.98. The Morgan fingerprint density at radius 2 is 1.72 bits per heavy atom. The predicted octanol–water partition coefficient (Wildman–Crippen LogP) is 4.71. The van der Waals surface area contributed by atoms with Crippen LogP contribution in [0.1, 0.15) is 33.1 Å². The molecule has 1 aliphatic carbocycles. The Bertz CT molecular complexity index is 698. The van der Waals surface area contributed by atoms with Crippen LogP contribution in [0.15, 0.2) is 54.6 Å². The van der Waals surface area contributed by atoms with Crippen LogP contribution in [-0.2, 0) is 4.79 Å². The maximum absolute atomic E-state index is 12.5. The molecule has 2 N–H and O–H groups in total. The number of carbonyl (C=O) groups excluding carboxylic acids is 1. The molecule has 3 nitrogen and oxygen atoms in total. The molecule has 1 aliphatic rings. The second kappa shape index (κ2) is 8.30. The van der Waals surface area contributed by atoms with Crippen molar-refractivity contribution in [3.05, 3.63) is 54.6 Å². The summed E-state index contributed by atoms with van der Waals surface area (Å²) >= 11 is 0. The average Bonchev–Trinajstić information content (AvgIpc) is 2.64. The normalized spacial score (nSPS) is 23.2. The first-order valence-electron chi connectivity index (χ1n) is 9.33. The van der Waals surface area contributed by atoms with Gasteiger partial charge in [0.1, 0.15) is 0 Å². The van der Waals surface area contributed by atoms with E-state index in [-0.39, 0.29) is 5.91 Å². The van der Waals surface area contributed by atoms with Gasteiger partial charge in [-0.3, -0.25) is 4.79 Å². The molecule has 2 aromatic carbocycles. The Morgan fingerprint density at radius 3 is 2.52 bits per heavy atom. The summed E-state index contributed by atoms with van der Waals surface area (Å²) in [4.78, 5) is 12.5. The first-order valence-corrected chi connectivity index (χ1v) is 9.33. The van der Waals surface area contributed by atoms with E-state index < -0.39 is 0 Å². The van der Waals surface area contributed by atoms with Crippen molar-refractivity contribution in [2.24, 2.45) is 11.8 Å². The van der Waals surface area contributed by atoms with E-state index in [0.29, 0.717) is 18.5 Å². The maximum Gasteiger partial charge on any atom is 0.238 e. The molecule has 0 aliphatic heterocycles. The zero-order chi connectivity index (χ0) is 17.6. The quantitative estimate of drug-likeness (QED) is 0.830. The highest BCUT2D eigenvalue weighted by Gasteiger charge is 2.26. The zero-order valence-corrected chi connectivity index (χ0v) is 15.2. The first-order chi connectivity index (χ1) is 12.1. The van der Waals surface area contributed by atoms with Gasteiger partial charge in [-0.15, -0.1) is 0 Å². The van der Waals surface area contributed by atoms with Crippen molar-refractivity contribution >= 4 is 11.6 Å². The lowest BCUT2D eigenvalue weighted by molar-refractivity contribution is -0.115. The van der Waals surface area contributed by atoms with Gasteiger partial charge in [0.25, 0.3) is 0 Å². The molecule has 1 saturated carbocycles. The molecular weight excluding hydrogens is 308 g/mol. The number of benzene rings is 2. The number of hydrogen-bond donors (Lipinski definition) is 2. The lowest BCUT2D eigenvalue weighted by Crippen LogP contribution is -2.43. The molecule has 3 heteroatoms. The Balaban J connectivity index is 1.62. The van der Waals surface area contributed by atoms with Crippen molar-refractivity contribution in [1.82, 2.24) is 5.32 Å². The van der Waals surface area contributed by atoms with Crippen LogP contribution < -0.4 is 10.6 Å². The van der Waals surface area contributed by atoms with Crippen molar-refractivity contribution in [3.8, 4) is 11.1 Å². The van der Waals surface area contributed by atoms with Gasteiger partial charge in [0.2, 0.25) is 5.91 Å². The molecule has 25 heavy (non-hydrogen) atoms. The molecule has 0 bridgehead atoms. The van der Waals surface area contributed by atoms with Crippen LogP contribution in [0.2, 0.25) is 0 Å². The fraction of sp³-hybridized carbons (Fsp3) is 0.409. The Kier molecular flexibility index (Phi) is 5.87. The minimum Gasteiger partial charge on any atom is -0.324 e. The molecule has 132 valence electrons. The number of carbonyl (C=O) groups is 1. The van der Waals surface area contributed by atoms with E-state index in [4.69, 9.17) is 0 Å². The lowest BCUT2D eigenvalue weighted by atomic mass is 9.78. The summed E-state index contributed by atoms with van der Waals surface area (Å²) in [6, 6.07) is 18.6. The third kappa shape index (κ3) is 4.49. The van der Waals surface area contributed by atoms with Crippen molar-refractivity contribution in [3.63, 3.8) is 0 Å². The van der Waals surface area contributed by atoms with Crippen LogP contribution in [0, 0.1) is 11.8 Å². The maximum atomic E-state index is 12.5. The molecule has 0 radical (unpaired) electrons. The van der Waals surface area contributed by atoms with Gasteiger partial charge in [0.15, 0.2) is 0 Å². The summed E-state index contributed by atoms with van der Waals surface area (Å²) in [5, 5.41) is 6.54. The van der Waals surface area contributed by atoms with Gasteiger partial charge in [0, 0.05) is 17.3 Å². The lowest BCUT2D eigenvalue weighted by Gasteiger charge is -2.34. The summed E-state index contributed by atoms with van der Waals surface area (Å²) in [5.41, 5.74) is 3.03. The second-order valence-corrected chi connectivity index (χ2v) is 7.21. The number of rotatable bonds is 5. The SMILES string of the molecule is C[C@H]1[C@@H](NCC(=O)Nc2ccccc2-c2ccccc2)CCC[C@@H]1C. The zero-order valence-electron chi connectivity index (χ0n) is 15.2. The minimum atomic E-state index is 0.0220. The van der Waals surface area contributed by atoms with Gasteiger partial charge < -0.3 is 10.6 Å². The molecule has 1 amide bonds. The molecule has 0 heterocycles. The highest BCUT2D eigenvalue weighted by atomic mass is 16.1. The van der Waals surface area contributed by atoms with E-state index in [1.165, 1.54) is 19.3 Å². The number of amides is 1. The summed E-state index contributed by atoms with van der Waals surface area (Å²) in [6.07, 6.45) is 3.72. The van der Waals surface area contributed by atoms with Crippen LogP contribution in [0.25, 0.3) is 11.1 Å². The number of nitrogens with one attached hydrogen (secondary N) is 2. The van der Waals surface area contributed by atoms with Gasteiger partial charge in [-0.25, -0.2) is 0 Å². The molecule has 0 saturated heterocycles. The Labute approximate surface area is 150 Å². The third-order valence-electron chi connectivity index (χ3n) is 5.52. The van der Waals surface area contributed by atoms with Crippen molar-refractivity contribution in [1.29, 1.82) is 0 Å². The van der Waals surface area contributed by atoms with Crippen LogP contribution in [0.5, 0.6) is 0 Å². The van der Waals surface area contributed by atoms with Crippen molar-refractivity contribution < 1.29 is 4.79 Å². The topological polar surface area (TPSA) is 41.1 Å². The molecule has 0 spiro atoms. The van der Waals surface area contributed by atoms with Gasteiger partial charge >= 0.3 is 0 Å². The Morgan fingerprint density at radius 1 is 1.00 bits per heavy atom. The molecular formula is C22H28N2O. The predicted molar refractivity (Wildman–Crippen MR) is 104 cm³/mol. The summed E-state index contributed by atoms with van der Waals surface area (Å²) < 4.78 is 0. The van der Waals surface area contributed by atoms with Crippen LogP contribution in [0.3, 0.4) is 0 Å². The summed E-state index contributed by atoms with van der Waals surface area (Å²) in [7, 11) is 0. The van der Waals surface area contributed by atoms with Gasteiger partial charge in [-0.2, -0.15) is 0 Å². The van der Waals surface area contributed by atoms with Gasteiger partial charge in [0.05, 0.1) is 6.54 Å². The van der Waals surface area contributed by atoms with Gasteiger partial charge in [-0.05, 0) is 29.9 Å². The van der Waals surface area contributed by atoms with Crippen LogP contribution in [0.4, 0.5) is 5.69 Å². The third-order valence-corrected chi connectivity index (χ3v) is 5.52. The highest BCUT2D eigenvalue weighted by Crippen LogP contribution is 2.30. The standard InChI is InChI=1S/C22H28N2O/c1-16-9-8-14-20(17(16)2)23-15-22(25)24-21-13-7-6-12-19(21)18-10-4-3-5-11-18/h3-7,10-13,16-17,20,23H,8-9,14-15H2,1-2H3,(H,24,25)/t16-,17+,20-/m0/s1. The highest BCUT2D eigenvalue weighted by molar-refractivity contribution is 5.96. The first kappa shape index (κ1) is 17.7. The Hall–Kier alpha value is -2.13. The van der Waals surface area contributed by atoms with E-state index >= 15 is 0 Å². The van der Waals surface area contributed by atoms with Gasteiger partial charge in [-0.1, -0.05) is 75.2 Å². The van der Waals surface area contributed by atoms with E-state index in [9.17, 15) is 4.79 Å². The van der Waals surface area contributed by atoms with Crippen LogP contribution >= 0.6 is 0 Å². The minimum absolute atomic E-state index is 0.0220. The monoisotopic (exact) mass is 336 g/mol. The van der Waals surface area contributed by atoms with E-state index in [1.54, 1.807) is 0 Å². The molecule has 0 unspecified atom stereocenters. The average molecular weight is 336 g/mol. The fourth-order valence-corrected chi connectivity index (χ4v) is 3.75. The number of hydrogen-bond acceptors (Lipinski definition) is 2. The van der Waals surface area contributed by atoms with Crippen molar-refractivity contribution in [2.45, 2.75) is 39.2 Å². The fourth-order valence-electron chi connectivity index (χ4n) is 3.75. The smallest absolute Gasteiger partial charge is 0.238 e. The molecule has 2 aromatic rings. The molecule has 1 fully saturated rings. The van der Waals surface area contributed by atoms with Crippen LogP contribution in [-0.4, -0.2) is 18.5 Å². The second-order valence-electron chi connectivity index (χ2n) is 7.21. The molecule has 3 atom stereocenters. The van der Waals surface area contributed by atoms with E-state index in [0.717, 1.165) is 22.7 Å². The number of para-hydroxylation sites is 1.